The second kappa shape index (κ2) is 4.75. The maximum atomic E-state index is 13.4. The molecule has 14 heavy (non-hydrogen) atoms. The molecule has 0 radical (unpaired) electrons. The van der Waals surface area contributed by atoms with Gasteiger partial charge in [0.2, 0.25) is 0 Å². The molecule has 1 atom stereocenters. The van der Waals surface area contributed by atoms with Crippen molar-refractivity contribution >= 4 is 15.9 Å². The molecule has 1 N–H and O–H groups in total. The van der Waals surface area contributed by atoms with Gasteiger partial charge in [-0.1, -0.05) is 6.92 Å². The predicted molar refractivity (Wildman–Crippen MR) is 56.2 cm³/mol. The Labute approximate surface area is 90.8 Å². The summed E-state index contributed by atoms with van der Waals surface area (Å²) in [7, 11) is 1.41. The molecule has 0 aromatic heterocycles. The third-order valence-corrected chi connectivity index (χ3v) is 2.66. The molecule has 1 rings (SSSR count). The third-order valence-electron chi connectivity index (χ3n) is 2.07. The van der Waals surface area contributed by atoms with Gasteiger partial charge in [0.05, 0.1) is 11.6 Å². The Morgan fingerprint density at radius 2 is 2.21 bits per heavy atom. The minimum atomic E-state index is -0.419. The lowest BCUT2D eigenvalue weighted by Crippen LogP contribution is -2.01. The first-order chi connectivity index (χ1) is 6.60. The van der Waals surface area contributed by atoms with Crippen LogP contribution in [0.2, 0.25) is 0 Å². The molecule has 1 aromatic carbocycles. The minimum Gasteiger partial charge on any atom is -0.492 e. The average Bonchev–Trinajstić information content (AvgIpc) is 2.16. The molecule has 0 aliphatic carbocycles. The first-order valence-electron chi connectivity index (χ1n) is 4.24. The highest BCUT2D eigenvalue weighted by molar-refractivity contribution is 9.10. The van der Waals surface area contributed by atoms with Gasteiger partial charge in [-0.15, -0.1) is 0 Å². The summed E-state index contributed by atoms with van der Waals surface area (Å²) in [6, 6.07) is 3.13. The standard InChI is InChI=1S/C10H12BrFO2/c1-6(5-13)7-3-8(11)10(14-2)9(12)4-7/h3-4,6,13H,5H2,1-2H3. The third kappa shape index (κ3) is 2.25. The molecule has 0 bridgehead atoms. The molecular formula is C10H12BrFO2. The predicted octanol–water partition coefficient (Wildman–Crippen LogP) is 2.69. The Hall–Kier alpha value is -0.610. The maximum Gasteiger partial charge on any atom is 0.168 e. The van der Waals surface area contributed by atoms with Crippen molar-refractivity contribution < 1.29 is 14.2 Å². The quantitative estimate of drug-likeness (QED) is 0.908. The molecule has 0 aliphatic rings. The van der Waals surface area contributed by atoms with Crippen LogP contribution in [0, 0.1) is 5.82 Å². The van der Waals surface area contributed by atoms with Gasteiger partial charge in [0.1, 0.15) is 0 Å². The molecule has 78 valence electrons. The van der Waals surface area contributed by atoms with Crippen molar-refractivity contribution in [2.45, 2.75) is 12.8 Å². The number of ether oxygens (including phenoxy) is 1. The Kier molecular flexibility index (Phi) is 3.89. The lowest BCUT2D eigenvalue weighted by molar-refractivity contribution is 0.272. The summed E-state index contributed by atoms with van der Waals surface area (Å²) in [6.45, 7) is 1.83. The Morgan fingerprint density at radius 3 is 2.64 bits per heavy atom. The second-order valence-corrected chi connectivity index (χ2v) is 3.96. The van der Waals surface area contributed by atoms with Crippen LogP contribution in [0.1, 0.15) is 18.4 Å². The van der Waals surface area contributed by atoms with E-state index in [-0.39, 0.29) is 18.3 Å². The fourth-order valence-electron chi connectivity index (χ4n) is 1.16. The highest BCUT2D eigenvalue weighted by atomic mass is 79.9. The van der Waals surface area contributed by atoms with E-state index in [1.54, 1.807) is 6.07 Å². The lowest BCUT2D eigenvalue weighted by Gasteiger charge is -2.11. The number of halogens is 2. The Morgan fingerprint density at radius 1 is 1.57 bits per heavy atom. The molecule has 0 heterocycles. The molecule has 1 unspecified atom stereocenters. The zero-order valence-electron chi connectivity index (χ0n) is 8.05. The van der Waals surface area contributed by atoms with E-state index in [9.17, 15) is 4.39 Å². The molecule has 0 aliphatic heterocycles. The highest BCUT2D eigenvalue weighted by Gasteiger charge is 2.12. The number of hydrogen-bond acceptors (Lipinski definition) is 2. The minimum absolute atomic E-state index is 0.00178. The van der Waals surface area contributed by atoms with E-state index >= 15 is 0 Å². The number of hydrogen-bond donors (Lipinski definition) is 1. The van der Waals surface area contributed by atoms with E-state index in [4.69, 9.17) is 9.84 Å². The first-order valence-corrected chi connectivity index (χ1v) is 5.03. The van der Waals surface area contributed by atoms with Crippen LogP contribution in [-0.4, -0.2) is 18.8 Å². The number of methoxy groups -OCH3 is 1. The van der Waals surface area contributed by atoms with Crippen molar-refractivity contribution in [2.75, 3.05) is 13.7 Å². The van der Waals surface area contributed by atoms with Crippen molar-refractivity contribution in [3.63, 3.8) is 0 Å². The van der Waals surface area contributed by atoms with Crippen molar-refractivity contribution in [3.05, 3.63) is 28.0 Å². The molecule has 0 fully saturated rings. The summed E-state index contributed by atoms with van der Waals surface area (Å²) in [5.74, 6) is -0.303. The van der Waals surface area contributed by atoms with Gasteiger partial charge in [0.15, 0.2) is 11.6 Å². The normalized spacial score (nSPS) is 12.6. The van der Waals surface area contributed by atoms with Gasteiger partial charge >= 0.3 is 0 Å². The van der Waals surface area contributed by atoms with Gasteiger partial charge in [0, 0.05) is 12.5 Å². The van der Waals surface area contributed by atoms with E-state index in [2.05, 4.69) is 15.9 Å². The van der Waals surface area contributed by atoms with Crippen LogP contribution in [0.5, 0.6) is 5.75 Å². The summed E-state index contributed by atoms with van der Waals surface area (Å²) in [5.41, 5.74) is 0.748. The second-order valence-electron chi connectivity index (χ2n) is 3.10. The smallest absolute Gasteiger partial charge is 0.168 e. The van der Waals surface area contributed by atoms with Crippen molar-refractivity contribution in [2.24, 2.45) is 0 Å². The Balaban J connectivity index is 3.13. The fourth-order valence-corrected chi connectivity index (χ4v) is 1.78. The summed E-state index contributed by atoms with van der Waals surface area (Å²) in [6.07, 6.45) is 0. The Bertz CT molecular complexity index is 305. The molecule has 2 nitrogen and oxygen atoms in total. The topological polar surface area (TPSA) is 29.5 Å². The summed E-state index contributed by atoms with van der Waals surface area (Å²) in [4.78, 5) is 0. The van der Waals surface area contributed by atoms with Crippen LogP contribution >= 0.6 is 15.9 Å². The van der Waals surface area contributed by atoms with Gasteiger partial charge in [0.25, 0.3) is 0 Å². The molecule has 1 aromatic rings. The summed E-state index contributed by atoms with van der Waals surface area (Å²) < 4.78 is 18.8. The zero-order chi connectivity index (χ0) is 10.7. The van der Waals surface area contributed by atoms with Crippen LogP contribution in [0.25, 0.3) is 0 Å². The van der Waals surface area contributed by atoms with Gasteiger partial charge in [-0.2, -0.15) is 0 Å². The van der Waals surface area contributed by atoms with Gasteiger partial charge in [-0.3, -0.25) is 0 Å². The van der Waals surface area contributed by atoms with Crippen LogP contribution < -0.4 is 4.74 Å². The van der Waals surface area contributed by atoms with Crippen molar-refractivity contribution in [3.8, 4) is 5.75 Å². The van der Waals surface area contributed by atoms with E-state index in [0.29, 0.717) is 4.47 Å². The van der Waals surface area contributed by atoms with Gasteiger partial charge in [-0.25, -0.2) is 4.39 Å². The molecular weight excluding hydrogens is 251 g/mol. The first kappa shape index (κ1) is 11.5. The number of aliphatic hydroxyl groups is 1. The van der Waals surface area contributed by atoms with E-state index < -0.39 is 5.82 Å². The average molecular weight is 263 g/mol. The van der Waals surface area contributed by atoms with Crippen LogP contribution in [0.15, 0.2) is 16.6 Å². The highest BCUT2D eigenvalue weighted by Crippen LogP contribution is 2.31. The molecule has 0 spiro atoms. The largest absolute Gasteiger partial charge is 0.492 e. The lowest BCUT2D eigenvalue weighted by atomic mass is 10.0. The summed E-state index contributed by atoms with van der Waals surface area (Å²) in [5, 5.41) is 8.93. The summed E-state index contributed by atoms with van der Waals surface area (Å²) >= 11 is 3.21. The van der Waals surface area contributed by atoms with Crippen LogP contribution in [-0.2, 0) is 0 Å². The zero-order valence-corrected chi connectivity index (χ0v) is 9.64. The monoisotopic (exact) mass is 262 g/mol. The van der Waals surface area contributed by atoms with Gasteiger partial charge in [-0.05, 0) is 33.6 Å². The SMILES string of the molecule is COc1c(F)cc(C(C)CO)cc1Br. The fraction of sp³-hybridized carbons (Fsp3) is 0.400. The number of aliphatic hydroxyl groups excluding tert-OH is 1. The van der Waals surface area contributed by atoms with E-state index in [1.807, 2.05) is 6.92 Å². The maximum absolute atomic E-state index is 13.4. The number of rotatable bonds is 3. The van der Waals surface area contributed by atoms with Crippen LogP contribution in [0.4, 0.5) is 4.39 Å². The molecule has 0 amide bonds. The van der Waals surface area contributed by atoms with Crippen molar-refractivity contribution in [1.29, 1.82) is 0 Å². The van der Waals surface area contributed by atoms with Crippen molar-refractivity contribution in [1.82, 2.24) is 0 Å². The molecule has 4 heteroatoms. The molecule has 0 saturated carbocycles. The van der Waals surface area contributed by atoms with Crippen LogP contribution in [0.3, 0.4) is 0 Å². The molecule has 0 saturated heterocycles. The van der Waals surface area contributed by atoms with E-state index in [0.717, 1.165) is 5.56 Å². The van der Waals surface area contributed by atoms with Gasteiger partial charge < -0.3 is 9.84 Å². The number of benzene rings is 1. The van der Waals surface area contributed by atoms with E-state index in [1.165, 1.54) is 13.2 Å².